The molecule has 0 unspecified atom stereocenters. The molecule has 1 N–H and O–H groups in total. The predicted molar refractivity (Wildman–Crippen MR) is 74.6 cm³/mol. The van der Waals surface area contributed by atoms with Gasteiger partial charge < -0.3 is 5.32 Å². The number of hydrogen-bond acceptors (Lipinski definition) is 5. The lowest BCUT2D eigenvalue weighted by Gasteiger charge is -2.04. The molecule has 0 saturated carbocycles. The first-order valence-corrected chi connectivity index (χ1v) is 6.50. The number of nitrogens with zero attached hydrogens (tertiary/aromatic N) is 3. The molecule has 0 fully saturated rings. The predicted octanol–water partition coefficient (Wildman–Crippen LogP) is 2.99. The third-order valence-corrected chi connectivity index (χ3v) is 3.24. The molecular formula is C12H7ClN4OS. The third-order valence-electron chi connectivity index (χ3n) is 2.48. The lowest BCUT2D eigenvalue weighted by atomic mass is 10.2. The van der Waals surface area contributed by atoms with Gasteiger partial charge in [-0.25, -0.2) is 4.98 Å². The summed E-state index contributed by atoms with van der Waals surface area (Å²) in [7, 11) is 0. The van der Waals surface area contributed by atoms with Crippen LogP contribution >= 0.6 is 23.3 Å². The van der Waals surface area contributed by atoms with Crippen molar-refractivity contribution in [2.24, 2.45) is 0 Å². The molecule has 7 heteroatoms. The van der Waals surface area contributed by atoms with E-state index in [1.807, 2.05) is 12.1 Å². The van der Waals surface area contributed by atoms with Gasteiger partial charge in [-0.15, -0.1) is 0 Å². The van der Waals surface area contributed by atoms with Crippen LogP contribution in [0.25, 0.3) is 11.0 Å². The fourth-order valence-corrected chi connectivity index (χ4v) is 2.34. The molecule has 19 heavy (non-hydrogen) atoms. The first kappa shape index (κ1) is 12.0. The lowest BCUT2D eigenvalue weighted by molar-refractivity contribution is 0.102. The van der Waals surface area contributed by atoms with E-state index in [0.717, 1.165) is 17.2 Å². The number of carbonyl (C=O) groups excluding carboxylic acids is 1. The normalized spacial score (nSPS) is 10.6. The van der Waals surface area contributed by atoms with E-state index in [9.17, 15) is 4.79 Å². The summed E-state index contributed by atoms with van der Waals surface area (Å²) in [6.07, 6.45) is 0. The van der Waals surface area contributed by atoms with Crippen molar-refractivity contribution in [1.29, 1.82) is 0 Å². The number of fused-ring (bicyclic) bond motifs is 1. The van der Waals surface area contributed by atoms with Crippen LogP contribution < -0.4 is 5.32 Å². The quantitative estimate of drug-likeness (QED) is 0.737. The van der Waals surface area contributed by atoms with Crippen molar-refractivity contribution in [1.82, 2.24) is 13.7 Å². The van der Waals surface area contributed by atoms with Gasteiger partial charge in [0.25, 0.3) is 5.91 Å². The molecule has 1 aromatic carbocycles. The first-order valence-electron chi connectivity index (χ1n) is 5.39. The highest BCUT2D eigenvalue weighted by Crippen LogP contribution is 2.21. The van der Waals surface area contributed by atoms with Gasteiger partial charge in [0, 0.05) is 0 Å². The van der Waals surface area contributed by atoms with E-state index >= 15 is 0 Å². The molecule has 0 radical (unpaired) electrons. The molecule has 2 heterocycles. The lowest BCUT2D eigenvalue weighted by Crippen LogP contribution is -2.13. The summed E-state index contributed by atoms with van der Waals surface area (Å²) >= 11 is 6.86. The molecule has 0 saturated heterocycles. The molecular weight excluding hydrogens is 284 g/mol. The number of anilines is 1. The van der Waals surface area contributed by atoms with E-state index in [2.05, 4.69) is 19.0 Å². The van der Waals surface area contributed by atoms with Gasteiger partial charge in [-0.05, 0) is 24.3 Å². The van der Waals surface area contributed by atoms with Gasteiger partial charge in [-0.2, -0.15) is 8.75 Å². The topological polar surface area (TPSA) is 67.8 Å². The van der Waals surface area contributed by atoms with Crippen molar-refractivity contribution in [3.8, 4) is 0 Å². The maximum Gasteiger partial charge on any atom is 0.274 e. The van der Waals surface area contributed by atoms with Gasteiger partial charge in [0.2, 0.25) is 0 Å². The highest BCUT2D eigenvalue weighted by atomic mass is 35.5. The molecule has 0 bridgehead atoms. The monoisotopic (exact) mass is 290 g/mol. The van der Waals surface area contributed by atoms with Gasteiger partial charge >= 0.3 is 0 Å². The van der Waals surface area contributed by atoms with Crippen molar-refractivity contribution in [2.75, 3.05) is 5.32 Å². The Morgan fingerprint density at radius 2 is 2.00 bits per heavy atom. The number of benzene rings is 1. The summed E-state index contributed by atoms with van der Waals surface area (Å²) in [6, 6.07) is 10.3. The van der Waals surface area contributed by atoms with Gasteiger partial charge in [0.1, 0.15) is 21.9 Å². The Morgan fingerprint density at radius 3 is 2.84 bits per heavy atom. The van der Waals surface area contributed by atoms with Crippen LogP contribution in [0.2, 0.25) is 5.15 Å². The number of halogens is 1. The zero-order chi connectivity index (χ0) is 13.2. The van der Waals surface area contributed by atoms with E-state index in [0.29, 0.717) is 11.2 Å². The van der Waals surface area contributed by atoms with Gasteiger partial charge in [0.15, 0.2) is 0 Å². The fourth-order valence-electron chi connectivity index (χ4n) is 1.63. The largest absolute Gasteiger partial charge is 0.319 e. The van der Waals surface area contributed by atoms with Crippen molar-refractivity contribution in [3.63, 3.8) is 0 Å². The van der Waals surface area contributed by atoms with E-state index in [-0.39, 0.29) is 16.8 Å². The number of amides is 1. The van der Waals surface area contributed by atoms with Crippen LogP contribution in [-0.2, 0) is 0 Å². The standard InChI is InChI=1S/C12H7ClN4OS/c13-10-6-2-5-9(14-10)12(18)15-7-3-1-4-8-11(7)17-19-16-8/h1-6H,(H,15,18). The molecule has 0 atom stereocenters. The van der Waals surface area contributed by atoms with Crippen LogP contribution in [0.3, 0.4) is 0 Å². The average Bonchev–Trinajstić information content (AvgIpc) is 2.88. The van der Waals surface area contributed by atoms with E-state index in [4.69, 9.17) is 11.6 Å². The Hall–Kier alpha value is -2.05. The summed E-state index contributed by atoms with van der Waals surface area (Å²) in [5, 5.41) is 3.04. The Kier molecular flexibility index (Phi) is 3.10. The van der Waals surface area contributed by atoms with Gasteiger partial charge in [-0.3, -0.25) is 4.79 Å². The number of hydrogen-bond donors (Lipinski definition) is 1. The van der Waals surface area contributed by atoms with Crippen LogP contribution in [0, 0.1) is 0 Å². The van der Waals surface area contributed by atoms with Crippen molar-refractivity contribution >= 4 is 46.0 Å². The fraction of sp³-hybridized carbons (Fsp3) is 0. The molecule has 3 aromatic rings. The Balaban J connectivity index is 1.93. The highest BCUT2D eigenvalue weighted by molar-refractivity contribution is 7.00. The molecule has 0 spiro atoms. The Labute approximate surface area is 117 Å². The Morgan fingerprint density at radius 1 is 1.16 bits per heavy atom. The minimum atomic E-state index is -0.331. The second-order valence-corrected chi connectivity index (χ2v) is 4.65. The second kappa shape index (κ2) is 4.91. The van der Waals surface area contributed by atoms with E-state index in [1.54, 1.807) is 24.3 Å². The maximum atomic E-state index is 12.1. The number of pyridine rings is 1. The highest BCUT2D eigenvalue weighted by Gasteiger charge is 2.11. The number of aromatic nitrogens is 3. The first-order chi connectivity index (χ1) is 9.24. The zero-order valence-electron chi connectivity index (χ0n) is 9.50. The summed E-state index contributed by atoms with van der Waals surface area (Å²) in [5.41, 5.74) is 2.29. The molecule has 0 aliphatic rings. The Bertz CT molecular complexity index is 758. The van der Waals surface area contributed by atoms with Crippen molar-refractivity contribution < 1.29 is 4.79 Å². The molecule has 1 amide bonds. The average molecular weight is 291 g/mol. The molecule has 5 nitrogen and oxygen atoms in total. The van der Waals surface area contributed by atoms with Crippen LogP contribution in [-0.4, -0.2) is 19.6 Å². The van der Waals surface area contributed by atoms with E-state index < -0.39 is 0 Å². The van der Waals surface area contributed by atoms with Gasteiger partial charge in [0.05, 0.1) is 17.4 Å². The molecule has 0 aliphatic carbocycles. The van der Waals surface area contributed by atoms with Crippen LogP contribution in [0.5, 0.6) is 0 Å². The van der Waals surface area contributed by atoms with Crippen molar-refractivity contribution in [3.05, 3.63) is 47.2 Å². The smallest absolute Gasteiger partial charge is 0.274 e. The van der Waals surface area contributed by atoms with E-state index in [1.165, 1.54) is 0 Å². The third kappa shape index (κ3) is 2.40. The van der Waals surface area contributed by atoms with Crippen LogP contribution in [0.15, 0.2) is 36.4 Å². The van der Waals surface area contributed by atoms with Crippen LogP contribution in [0.1, 0.15) is 10.5 Å². The molecule has 94 valence electrons. The van der Waals surface area contributed by atoms with Crippen molar-refractivity contribution in [2.45, 2.75) is 0 Å². The molecule has 2 aromatic heterocycles. The maximum absolute atomic E-state index is 12.1. The zero-order valence-corrected chi connectivity index (χ0v) is 11.1. The SMILES string of the molecule is O=C(Nc1cccc2nsnc12)c1cccc(Cl)n1. The summed E-state index contributed by atoms with van der Waals surface area (Å²) < 4.78 is 8.27. The summed E-state index contributed by atoms with van der Waals surface area (Å²) in [5.74, 6) is -0.331. The van der Waals surface area contributed by atoms with Crippen LogP contribution in [0.4, 0.5) is 5.69 Å². The minimum absolute atomic E-state index is 0.257. The number of nitrogens with one attached hydrogen (secondary N) is 1. The molecule has 3 rings (SSSR count). The van der Waals surface area contributed by atoms with Gasteiger partial charge in [-0.1, -0.05) is 23.7 Å². The summed E-state index contributed by atoms with van der Waals surface area (Å²) in [6.45, 7) is 0. The second-order valence-electron chi connectivity index (χ2n) is 3.74. The molecule has 0 aliphatic heterocycles. The summed E-state index contributed by atoms with van der Waals surface area (Å²) in [4.78, 5) is 16.0. The number of carbonyl (C=O) groups is 1. The number of rotatable bonds is 2. The minimum Gasteiger partial charge on any atom is -0.319 e.